The van der Waals surface area contributed by atoms with Crippen LogP contribution < -0.4 is 20.1 Å². The Hall–Kier alpha value is -4.52. The fourth-order valence-corrected chi connectivity index (χ4v) is 4.49. The minimum Gasteiger partial charge on any atom is -0.321 e. The molecule has 0 bridgehead atoms. The van der Waals surface area contributed by atoms with Crippen molar-refractivity contribution in [3.05, 3.63) is 119 Å². The number of carbonyl (C=O) groups is 1. The highest BCUT2D eigenvalue weighted by Gasteiger charge is 2.17. The Morgan fingerprint density at radius 1 is 1.09 bits per heavy atom. The van der Waals surface area contributed by atoms with E-state index in [1.807, 2.05) is 6.07 Å². The highest BCUT2D eigenvalue weighted by Crippen LogP contribution is 2.15. The molecule has 1 N–H and O–H groups in total. The molecule has 10 heteroatoms. The number of para-hydroxylation sites is 1. The number of hydrogen-bond acceptors (Lipinski definition) is 6. The lowest BCUT2D eigenvalue weighted by atomic mass is 10.2. The van der Waals surface area contributed by atoms with Gasteiger partial charge in [-0.15, -0.1) is 11.3 Å². The van der Waals surface area contributed by atoms with Crippen molar-refractivity contribution in [2.75, 3.05) is 5.32 Å². The lowest BCUT2D eigenvalue weighted by Crippen LogP contribution is -2.32. The summed E-state index contributed by atoms with van der Waals surface area (Å²) in [6.45, 7) is 0. The molecule has 0 aliphatic carbocycles. The molecule has 4 aromatic rings. The summed E-state index contributed by atoms with van der Waals surface area (Å²) < 4.78 is 1.62. The van der Waals surface area contributed by atoms with Crippen LogP contribution in [0, 0.1) is 21.4 Å². The third-order valence-corrected chi connectivity index (χ3v) is 6.22. The zero-order valence-corrected chi connectivity index (χ0v) is 19.4. The fraction of sp³-hybridized carbons (Fsp3) is 0. The standard InChI is InChI=1S/C25H15ClN4O4S/c26-17-9-11-18(12-10-17)28-23(31)21(15-27)25-29(19-6-2-1-3-7-19)24(32)22(35-25)14-16-5-4-8-20(13-16)30(33)34/h1-14H,(H,28,31)/b22-14+,25-21+. The number of aromatic nitrogens is 1. The van der Waals surface area contributed by atoms with Gasteiger partial charge < -0.3 is 5.32 Å². The van der Waals surface area contributed by atoms with Gasteiger partial charge in [0, 0.05) is 22.8 Å². The summed E-state index contributed by atoms with van der Waals surface area (Å²) in [5.41, 5.74) is 0.494. The van der Waals surface area contributed by atoms with Gasteiger partial charge in [-0.25, -0.2) is 0 Å². The molecule has 0 spiro atoms. The molecule has 0 radical (unpaired) electrons. The highest BCUT2D eigenvalue weighted by molar-refractivity contribution is 7.07. The summed E-state index contributed by atoms with van der Waals surface area (Å²) in [6.07, 6.45) is 1.50. The first-order valence-corrected chi connectivity index (χ1v) is 11.3. The Morgan fingerprint density at radius 3 is 2.46 bits per heavy atom. The van der Waals surface area contributed by atoms with Gasteiger partial charge in [0.1, 0.15) is 10.7 Å². The number of anilines is 1. The van der Waals surface area contributed by atoms with Crippen LogP contribution in [0.1, 0.15) is 5.56 Å². The molecule has 0 fully saturated rings. The Morgan fingerprint density at radius 2 is 1.80 bits per heavy atom. The van der Waals surface area contributed by atoms with Crippen molar-refractivity contribution in [1.29, 1.82) is 5.26 Å². The second kappa shape index (κ2) is 10.2. The van der Waals surface area contributed by atoms with Crippen molar-refractivity contribution in [1.82, 2.24) is 4.57 Å². The maximum absolute atomic E-state index is 13.4. The third kappa shape index (κ3) is 5.19. The van der Waals surface area contributed by atoms with E-state index in [9.17, 15) is 25.0 Å². The Labute approximate surface area is 207 Å². The van der Waals surface area contributed by atoms with Crippen LogP contribution in [0.5, 0.6) is 0 Å². The Bertz CT molecular complexity index is 1650. The summed E-state index contributed by atoms with van der Waals surface area (Å²) in [5, 5.41) is 24.1. The van der Waals surface area contributed by atoms with E-state index in [4.69, 9.17) is 11.6 Å². The lowest BCUT2D eigenvalue weighted by molar-refractivity contribution is -0.384. The van der Waals surface area contributed by atoms with Crippen LogP contribution in [-0.4, -0.2) is 15.4 Å². The number of nitrogens with zero attached hydrogens (tertiary/aromatic N) is 3. The SMILES string of the molecule is N#C/C(C(=O)Nc1ccc(Cl)cc1)=c1\s/c(=C/c2cccc([N+](=O)[O-])c2)c(=O)n1-c1ccccc1. The normalized spacial score (nSPS) is 12.1. The summed E-state index contributed by atoms with van der Waals surface area (Å²) >= 11 is 6.84. The number of benzene rings is 3. The number of nitro groups is 1. The number of nitro benzene ring substituents is 1. The summed E-state index contributed by atoms with van der Waals surface area (Å²) in [6, 6.07) is 22.7. The van der Waals surface area contributed by atoms with Crippen molar-refractivity contribution in [2.24, 2.45) is 0 Å². The molecular formula is C25H15ClN4O4S. The minimum atomic E-state index is -0.692. The zero-order chi connectivity index (χ0) is 24.9. The van der Waals surface area contributed by atoms with Gasteiger partial charge in [-0.2, -0.15) is 5.26 Å². The number of nitriles is 1. The number of hydrogen-bond donors (Lipinski definition) is 1. The van der Waals surface area contributed by atoms with Crippen LogP contribution in [0.25, 0.3) is 17.3 Å². The monoisotopic (exact) mass is 502 g/mol. The van der Waals surface area contributed by atoms with Gasteiger partial charge in [-0.3, -0.25) is 24.3 Å². The first kappa shape index (κ1) is 23.6. The van der Waals surface area contributed by atoms with E-state index < -0.39 is 16.4 Å². The van der Waals surface area contributed by atoms with E-state index in [1.54, 1.807) is 60.7 Å². The van der Waals surface area contributed by atoms with Crippen LogP contribution in [-0.2, 0) is 4.79 Å². The molecule has 0 saturated heterocycles. The van der Waals surface area contributed by atoms with E-state index in [-0.39, 0.29) is 20.5 Å². The highest BCUT2D eigenvalue weighted by atomic mass is 35.5. The molecule has 0 atom stereocenters. The molecule has 1 aromatic heterocycles. The van der Waals surface area contributed by atoms with Gasteiger partial charge >= 0.3 is 0 Å². The molecule has 3 aromatic carbocycles. The fourth-order valence-electron chi connectivity index (χ4n) is 3.26. The predicted octanol–water partition coefficient (Wildman–Crippen LogP) is 3.60. The summed E-state index contributed by atoms with van der Waals surface area (Å²) in [7, 11) is 0. The second-order valence-corrected chi connectivity index (χ2v) is 8.66. The molecule has 0 unspecified atom stereocenters. The van der Waals surface area contributed by atoms with Crippen LogP contribution in [0.15, 0.2) is 83.7 Å². The molecule has 0 aliphatic rings. The number of halogens is 1. The van der Waals surface area contributed by atoms with Gasteiger partial charge in [0.05, 0.1) is 15.1 Å². The first-order valence-electron chi connectivity index (χ1n) is 10.1. The van der Waals surface area contributed by atoms with Crippen LogP contribution in [0.3, 0.4) is 0 Å². The average Bonchev–Trinajstić information content (AvgIpc) is 3.17. The zero-order valence-electron chi connectivity index (χ0n) is 17.8. The summed E-state index contributed by atoms with van der Waals surface area (Å²) in [5.74, 6) is -0.692. The molecule has 0 aliphatic heterocycles. The predicted molar refractivity (Wildman–Crippen MR) is 135 cm³/mol. The Kier molecular flexibility index (Phi) is 6.87. The second-order valence-electron chi connectivity index (χ2n) is 7.19. The number of rotatable bonds is 5. The van der Waals surface area contributed by atoms with Crippen molar-refractivity contribution in [3.63, 3.8) is 0 Å². The van der Waals surface area contributed by atoms with Gasteiger partial charge in [-0.1, -0.05) is 41.9 Å². The summed E-state index contributed by atoms with van der Waals surface area (Å²) in [4.78, 5) is 37.0. The number of carbonyl (C=O) groups excluding carboxylic acids is 1. The van der Waals surface area contributed by atoms with E-state index in [0.717, 1.165) is 11.3 Å². The van der Waals surface area contributed by atoms with E-state index >= 15 is 0 Å². The molecular weight excluding hydrogens is 488 g/mol. The van der Waals surface area contributed by atoms with E-state index in [2.05, 4.69) is 5.32 Å². The maximum atomic E-state index is 13.4. The van der Waals surface area contributed by atoms with Gasteiger partial charge in [0.25, 0.3) is 17.2 Å². The molecule has 35 heavy (non-hydrogen) atoms. The Balaban J connectivity index is 1.94. The largest absolute Gasteiger partial charge is 0.321 e. The van der Waals surface area contributed by atoms with Crippen molar-refractivity contribution >= 4 is 51.9 Å². The first-order chi connectivity index (χ1) is 16.9. The lowest BCUT2D eigenvalue weighted by Gasteiger charge is -2.06. The van der Waals surface area contributed by atoms with Crippen molar-refractivity contribution in [3.8, 4) is 11.8 Å². The number of nitrogens with one attached hydrogen (secondary N) is 1. The topological polar surface area (TPSA) is 118 Å². The molecule has 8 nitrogen and oxygen atoms in total. The molecule has 0 saturated carbocycles. The van der Waals surface area contributed by atoms with E-state index in [1.165, 1.54) is 28.8 Å². The van der Waals surface area contributed by atoms with Crippen LogP contribution >= 0.6 is 22.9 Å². The minimum absolute atomic E-state index is 0.120. The van der Waals surface area contributed by atoms with E-state index in [0.29, 0.717) is 22.0 Å². The third-order valence-electron chi connectivity index (χ3n) is 4.87. The smallest absolute Gasteiger partial charge is 0.273 e. The van der Waals surface area contributed by atoms with Gasteiger partial charge in [0.2, 0.25) is 0 Å². The number of amides is 1. The quantitative estimate of drug-likeness (QED) is 0.330. The molecule has 4 rings (SSSR count). The maximum Gasteiger partial charge on any atom is 0.273 e. The molecule has 1 heterocycles. The van der Waals surface area contributed by atoms with Crippen LogP contribution in [0.2, 0.25) is 5.02 Å². The molecule has 172 valence electrons. The van der Waals surface area contributed by atoms with Crippen LogP contribution in [0.4, 0.5) is 11.4 Å². The number of non-ortho nitro benzene ring substituents is 1. The van der Waals surface area contributed by atoms with Gasteiger partial charge in [-0.05, 0) is 48.0 Å². The van der Waals surface area contributed by atoms with Crippen molar-refractivity contribution < 1.29 is 9.72 Å². The number of thiazole rings is 1. The van der Waals surface area contributed by atoms with Crippen molar-refractivity contribution in [2.45, 2.75) is 0 Å². The average molecular weight is 503 g/mol. The van der Waals surface area contributed by atoms with Gasteiger partial charge in [0.15, 0.2) is 5.57 Å². The molecule has 1 amide bonds.